The molecule has 3 nitrogen and oxygen atoms in total. The largest absolute Gasteiger partial charge is 0.393 e. The van der Waals surface area contributed by atoms with Crippen molar-refractivity contribution in [2.75, 3.05) is 6.54 Å². The number of fused-ring (bicyclic) bond motifs is 1. The summed E-state index contributed by atoms with van der Waals surface area (Å²) >= 11 is 0. The van der Waals surface area contributed by atoms with E-state index in [0.717, 1.165) is 17.2 Å². The van der Waals surface area contributed by atoms with Gasteiger partial charge in [-0.3, -0.25) is 4.79 Å². The predicted octanol–water partition coefficient (Wildman–Crippen LogP) is 2.73. The number of aliphatic hydroxyl groups is 1. The van der Waals surface area contributed by atoms with Crippen LogP contribution in [0.25, 0.3) is 10.8 Å². The number of nitrogens with one attached hydrogen (secondary N) is 1. The molecule has 0 aliphatic heterocycles. The maximum Gasteiger partial charge on any atom is 0.251 e. The lowest BCUT2D eigenvalue weighted by Gasteiger charge is -2.07. The monoisotopic (exact) mass is 257 g/mol. The van der Waals surface area contributed by atoms with Crippen LogP contribution in [0.2, 0.25) is 0 Å². The molecule has 19 heavy (non-hydrogen) atoms. The van der Waals surface area contributed by atoms with Crippen LogP contribution in [0.3, 0.4) is 0 Å². The van der Waals surface area contributed by atoms with E-state index in [2.05, 4.69) is 5.32 Å². The van der Waals surface area contributed by atoms with E-state index in [-0.39, 0.29) is 12.0 Å². The van der Waals surface area contributed by atoms with Gasteiger partial charge in [-0.25, -0.2) is 0 Å². The molecule has 0 saturated heterocycles. The lowest BCUT2D eigenvalue weighted by molar-refractivity contribution is 0.0950. The highest BCUT2D eigenvalue weighted by Gasteiger charge is 2.05. The molecule has 0 fully saturated rings. The average molecular weight is 257 g/mol. The Kier molecular flexibility index (Phi) is 4.53. The number of carbonyl (C=O) groups is 1. The Hall–Kier alpha value is -1.87. The van der Waals surface area contributed by atoms with Crippen molar-refractivity contribution in [1.29, 1.82) is 0 Å². The van der Waals surface area contributed by atoms with Crippen LogP contribution in [0.4, 0.5) is 0 Å². The fourth-order valence-corrected chi connectivity index (χ4v) is 2.03. The van der Waals surface area contributed by atoms with Crippen LogP contribution in [0.5, 0.6) is 0 Å². The molecule has 0 aliphatic rings. The first-order valence-electron chi connectivity index (χ1n) is 6.62. The Bertz CT molecular complexity index is 563. The first-order valence-corrected chi connectivity index (χ1v) is 6.62. The summed E-state index contributed by atoms with van der Waals surface area (Å²) in [5.74, 6) is -0.0589. The minimum Gasteiger partial charge on any atom is -0.393 e. The topological polar surface area (TPSA) is 49.3 Å². The van der Waals surface area contributed by atoms with E-state index in [1.54, 1.807) is 6.92 Å². The smallest absolute Gasteiger partial charge is 0.251 e. The number of hydrogen-bond acceptors (Lipinski definition) is 2. The van der Waals surface area contributed by atoms with Gasteiger partial charge in [-0.2, -0.15) is 0 Å². The van der Waals surface area contributed by atoms with Gasteiger partial charge in [0.05, 0.1) is 6.10 Å². The van der Waals surface area contributed by atoms with Crippen LogP contribution in [0, 0.1) is 0 Å². The lowest BCUT2D eigenvalue weighted by atomic mass is 10.1. The first kappa shape index (κ1) is 13.6. The Morgan fingerprint density at radius 2 is 1.95 bits per heavy atom. The fourth-order valence-electron chi connectivity index (χ4n) is 2.03. The van der Waals surface area contributed by atoms with Crippen molar-refractivity contribution in [3.63, 3.8) is 0 Å². The Balaban J connectivity index is 1.97. The molecule has 2 aromatic rings. The van der Waals surface area contributed by atoms with E-state index in [4.69, 9.17) is 5.11 Å². The molecule has 0 saturated carbocycles. The molecule has 1 amide bonds. The molecule has 1 unspecified atom stereocenters. The van der Waals surface area contributed by atoms with E-state index in [9.17, 15) is 4.79 Å². The van der Waals surface area contributed by atoms with Gasteiger partial charge in [0.25, 0.3) is 5.91 Å². The Morgan fingerprint density at radius 1 is 1.21 bits per heavy atom. The standard InChI is InChI=1S/C16H19NO2/c1-12(18)5-4-10-17-16(19)15-9-8-13-6-2-3-7-14(13)11-15/h2-3,6-9,11-12,18H,4-5,10H2,1H3,(H,17,19). The lowest BCUT2D eigenvalue weighted by Crippen LogP contribution is -2.24. The summed E-state index contributed by atoms with van der Waals surface area (Å²) in [6, 6.07) is 13.7. The van der Waals surface area contributed by atoms with Crippen molar-refractivity contribution in [2.45, 2.75) is 25.9 Å². The molecule has 2 rings (SSSR count). The van der Waals surface area contributed by atoms with Gasteiger partial charge in [-0.05, 0) is 42.7 Å². The van der Waals surface area contributed by atoms with Crippen molar-refractivity contribution in [2.24, 2.45) is 0 Å². The third-order valence-corrected chi connectivity index (χ3v) is 3.10. The summed E-state index contributed by atoms with van der Waals surface area (Å²) in [4.78, 5) is 12.0. The van der Waals surface area contributed by atoms with Crippen LogP contribution in [0.15, 0.2) is 42.5 Å². The van der Waals surface area contributed by atoms with Crippen molar-refractivity contribution in [3.8, 4) is 0 Å². The van der Waals surface area contributed by atoms with E-state index in [1.807, 2.05) is 42.5 Å². The molecule has 0 radical (unpaired) electrons. The van der Waals surface area contributed by atoms with Gasteiger partial charge < -0.3 is 10.4 Å². The van der Waals surface area contributed by atoms with Gasteiger partial charge in [0.15, 0.2) is 0 Å². The van der Waals surface area contributed by atoms with Crippen molar-refractivity contribution >= 4 is 16.7 Å². The molecule has 100 valence electrons. The number of aliphatic hydroxyl groups excluding tert-OH is 1. The second-order valence-corrected chi connectivity index (χ2v) is 4.81. The van der Waals surface area contributed by atoms with Crippen molar-refractivity contribution in [3.05, 3.63) is 48.0 Å². The molecule has 2 aromatic carbocycles. The predicted molar refractivity (Wildman–Crippen MR) is 77.2 cm³/mol. The highest BCUT2D eigenvalue weighted by atomic mass is 16.3. The summed E-state index contributed by atoms with van der Waals surface area (Å²) in [6.07, 6.45) is 1.19. The molecular formula is C16H19NO2. The SMILES string of the molecule is CC(O)CCCNC(=O)c1ccc2ccccc2c1. The fraction of sp³-hybridized carbons (Fsp3) is 0.312. The first-order chi connectivity index (χ1) is 9.16. The third-order valence-electron chi connectivity index (χ3n) is 3.10. The molecule has 0 heterocycles. The summed E-state index contributed by atoms with van der Waals surface area (Å²) in [5.41, 5.74) is 0.677. The van der Waals surface area contributed by atoms with Crippen LogP contribution >= 0.6 is 0 Å². The summed E-state index contributed by atoms with van der Waals surface area (Å²) in [7, 11) is 0. The van der Waals surface area contributed by atoms with Crippen LogP contribution < -0.4 is 5.32 Å². The normalized spacial score (nSPS) is 12.3. The molecular weight excluding hydrogens is 238 g/mol. The Labute approximate surface area is 113 Å². The second kappa shape index (κ2) is 6.34. The minimum atomic E-state index is -0.308. The molecule has 2 N–H and O–H groups in total. The number of amides is 1. The Morgan fingerprint density at radius 3 is 2.68 bits per heavy atom. The maximum atomic E-state index is 12.0. The number of benzene rings is 2. The second-order valence-electron chi connectivity index (χ2n) is 4.81. The van der Waals surface area contributed by atoms with Gasteiger partial charge in [0.1, 0.15) is 0 Å². The number of carbonyl (C=O) groups excluding carboxylic acids is 1. The highest BCUT2D eigenvalue weighted by Crippen LogP contribution is 2.15. The summed E-state index contributed by atoms with van der Waals surface area (Å²) < 4.78 is 0. The van der Waals surface area contributed by atoms with E-state index in [1.165, 1.54) is 0 Å². The van der Waals surface area contributed by atoms with Crippen LogP contribution in [0.1, 0.15) is 30.1 Å². The van der Waals surface area contributed by atoms with E-state index >= 15 is 0 Å². The van der Waals surface area contributed by atoms with Crippen molar-refractivity contribution in [1.82, 2.24) is 5.32 Å². The van der Waals surface area contributed by atoms with Gasteiger partial charge in [-0.15, -0.1) is 0 Å². The average Bonchev–Trinajstić information content (AvgIpc) is 2.42. The van der Waals surface area contributed by atoms with E-state index < -0.39 is 0 Å². The minimum absolute atomic E-state index is 0.0589. The van der Waals surface area contributed by atoms with Crippen molar-refractivity contribution < 1.29 is 9.90 Å². The molecule has 0 aromatic heterocycles. The quantitative estimate of drug-likeness (QED) is 0.809. The molecule has 0 spiro atoms. The zero-order valence-electron chi connectivity index (χ0n) is 11.1. The van der Waals surface area contributed by atoms with Crippen LogP contribution in [-0.2, 0) is 0 Å². The van der Waals surface area contributed by atoms with Gasteiger partial charge >= 0.3 is 0 Å². The molecule has 0 bridgehead atoms. The van der Waals surface area contributed by atoms with Crippen LogP contribution in [-0.4, -0.2) is 23.7 Å². The zero-order chi connectivity index (χ0) is 13.7. The number of hydrogen-bond donors (Lipinski definition) is 2. The zero-order valence-corrected chi connectivity index (χ0v) is 11.1. The third kappa shape index (κ3) is 3.80. The summed E-state index contributed by atoms with van der Waals surface area (Å²) in [6.45, 7) is 2.35. The molecule has 1 atom stereocenters. The van der Waals surface area contributed by atoms with E-state index in [0.29, 0.717) is 18.5 Å². The molecule has 3 heteroatoms. The maximum absolute atomic E-state index is 12.0. The summed E-state index contributed by atoms with van der Waals surface area (Å²) in [5, 5.41) is 14.2. The highest BCUT2D eigenvalue weighted by molar-refractivity contribution is 5.98. The number of rotatable bonds is 5. The van der Waals surface area contributed by atoms with Gasteiger partial charge in [0.2, 0.25) is 0 Å². The van der Waals surface area contributed by atoms with Gasteiger partial charge in [0, 0.05) is 12.1 Å². The van der Waals surface area contributed by atoms with Gasteiger partial charge in [-0.1, -0.05) is 30.3 Å². The molecule has 0 aliphatic carbocycles.